The fraction of sp³-hybridized carbons (Fsp3) is 0.556. The Kier molecular flexibility index (Phi) is 9.42. The van der Waals surface area contributed by atoms with Gasteiger partial charge in [-0.1, -0.05) is 13.0 Å². The fourth-order valence-corrected chi connectivity index (χ4v) is 2.85. The quantitative estimate of drug-likeness (QED) is 0.701. The number of amides is 2. The van der Waals surface area contributed by atoms with E-state index in [-0.39, 0.29) is 24.2 Å². The largest absolute Gasteiger partial charge is 0.326 e. The average molecular weight is 354 g/mol. The van der Waals surface area contributed by atoms with Crippen molar-refractivity contribution in [2.45, 2.75) is 45.4 Å². The molecule has 2 amide bonds. The van der Waals surface area contributed by atoms with Crippen LogP contribution in [0.5, 0.6) is 0 Å². The maximum absolute atomic E-state index is 12.1. The second-order valence-corrected chi connectivity index (χ2v) is 6.16. The zero-order valence-electron chi connectivity index (χ0n) is 14.3. The number of piperidine rings is 1. The average Bonchev–Trinajstić information content (AvgIpc) is 2.54. The number of benzene rings is 1. The van der Waals surface area contributed by atoms with Crippen LogP contribution in [-0.4, -0.2) is 24.9 Å². The summed E-state index contributed by atoms with van der Waals surface area (Å²) >= 11 is 0. The number of anilines is 2. The third-order valence-corrected chi connectivity index (χ3v) is 4.15. The van der Waals surface area contributed by atoms with Crippen LogP contribution >= 0.6 is 12.4 Å². The van der Waals surface area contributed by atoms with Gasteiger partial charge in [-0.15, -0.1) is 12.4 Å². The Bertz CT molecular complexity index is 531. The van der Waals surface area contributed by atoms with Crippen LogP contribution in [0, 0.1) is 5.92 Å². The zero-order valence-corrected chi connectivity index (χ0v) is 15.1. The van der Waals surface area contributed by atoms with Gasteiger partial charge in [0.2, 0.25) is 11.8 Å². The van der Waals surface area contributed by atoms with E-state index in [4.69, 9.17) is 0 Å². The van der Waals surface area contributed by atoms with E-state index in [9.17, 15) is 9.59 Å². The summed E-state index contributed by atoms with van der Waals surface area (Å²) in [6.07, 6.45) is 5.14. The van der Waals surface area contributed by atoms with Gasteiger partial charge in [-0.05, 0) is 62.9 Å². The van der Waals surface area contributed by atoms with Crippen molar-refractivity contribution in [3.8, 4) is 0 Å². The third-order valence-electron chi connectivity index (χ3n) is 4.15. The van der Waals surface area contributed by atoms with Gasteiger partial charge in [0.1, 0.15) is 0 Å². The van der Waals surface area contributed by atoms with Crippen molar-refractivity contribution in [1.82, 2.24) is 5.32 Å². The molecule has 0 spiro atoms. The lowest BCUT2D eigenvalue weighted by molar-refractivity contribution is -0.117. The summed E-state index contributed by atoms with van der Waals surface area (Å²) in [5, 5.41) is 9.10. The van der Waals surface area contributed by atoms with Crippen LogP contribution in [0.2, 0.25) is 0 Å². The molecule has 2 rings (SSSR count). The second kappa shape index (κ2) is 11.0. The first-order chi connectivity index (χ1) is 11.2. The lowest BCUT2D eigenvalue weighted by atomic mass is 9.93. The first kappa shape index (κ1) is 20.5. The molecule has 1 aromatic rings. The first-order valence-electron chi connectivity index (χ1n) is 8.58. The number of halogens is 1. The molecule has 0 aromatic heterocycles. The van der Waals surface area contributed by atoms with Gasteiger partial charge in [0.15, 0.2) is 0 Å². The van der Waals surface area contributed by atoms with E-state index in [2.05, 4.69) is 16.0 Å². The molecule has 1 heterocycles. The van der Waals surface area contributed by atoms with Gasteiger partial charge in [0.25, 0.3) is 0 Å². The summed E-state index contributed by atoms with van der Waals surface area (Å²) in [6.45, 7) is 4.09. The minimum Gasteiger partial charge on any atom is -0.326 e. The van der Waals surface area contributed by atoms with E-state index < -0.39 is 0 Å². The Morgan fingerprint density at radius 3 is 2.25 bits per heavy atom. The molecule has 0 unspecified atom stereocenters. The van der Waals surface area contributed by atoms with E-state index in [0.717, 1.165) is 50.1 Å². The van der Waals surface area contributed by atoms with Crippen LogP contribution < -0.4 is 16.0 Å². The summed E-state index contributed by atoms with van der Waals surface area (Å²) in [5.41, 5.74) is 1.45. The molecule has 1 aliphatic rings. The Morgan fingerprint density at radius 2 is 1.67 bits per heavy atom. The number of carbonyl (C=O) groups is 2. The number of nitrogens with one attached hydrogen (secondary N) is 3. The molecule has 1 aromatic carbocycles. The Morgan fingerprint density at radius 1 is 1.08 bits per heavy atom. The van der Waals surface area contributed by atoms with E-state index in [0.29, 0.717) is 18.8 Å². The maximum Gasteiger partial charge on any atom is 0.224 e. The predicted molar refractivity (Wildman–Crippen MR) is 101 cm³/mol. The molecule has 0 radical (unpaired) electrons. The highest BCUT2D eigenvalue weighted by Gasteiger charge is 2.14. The fourth-order valence-electron chi connectivity index (χ4n) is 2.85. The van der Waals surface area contributed by atoms with Crippen LogP contribution in [-0.2, 0) is 9.59 Å². The van der Waals surface area contributed by atoms with Crippen molar-refractivity contribution in [2.24, 2.45) is 5.92 Å². The molecule has 24 heavy (non-hydrogen) atoms. The molecule has 134 valence electrons. The molecule has 0 aliphatic carbocycles. The number of rotatable bonds is 7. The minimum atomic E-state index is 0. The van der Waals surface area contributed by atoms with Gasteiger partial charge in [-0.25, -0.2) is 0 Å². The molecular weight excluding hydrogens is 326 g/mol. The summed E-state index contributed by atoms with van der Waals surface area (Å²) in [6, 6.07) is 7.32. The van der Waals surface area contributed by atoms with Crippen molar-refractivity contribution in [3.63, 3.8) is 0 Å². The van der Waals surface area contributed by atoms with Gasteiger partial charge in [0.05, 0.1) is 0 Å². The molecule has 6 heteroatoms. The maximum atomic E-state index is 12.1. The van der Waals surface area contributed by atoms with Crippen LogP contribution in [0.25, 0.3) is 0 Å². The van der Waals surface area contributed by atoms with Gasteiger partial charge >= 0.3 is 0 Å². The molecule has 0 bridgehead atoms. The predicted octanol–water partition coefficient (Wildman–Crippen LogP) is 3.57. The van der Waals surface area contributed by atoms with Gasteiger partial charge < -0.3 is 16.0 Å². The summed E-state index contributed by atoms with van der Waals surface area (Å²) in [7, 11) is 0. The molecule has 0 atom stereocenters. The standard InChI is InChI=1S/C18H27N3O2.ClH/c1-2-4-17(22)20-15-5-3-6-16(13-15)21-18(23)8-7-14-9-11-19-12-10-14;/h3,5-6,13-14,19H,2,4,7-12H2,1H3,(H,20,22)(H,21,23);1H. The van der Waals surface area contributed by atoms with Crippen molar-refractivity contribution in [3.05, 3.63) is 24.3 Å². The van der Waals surface area contributed by atoms with Gasteiger partial charge in [0, 0.05) is 24.2 Å². The number of hydrogen-bond donors (Lipinski definition) is 3. The molecular formula is C18H28ClN3O2. The van der Waals surface area contributed by atoms with Gasteiger partial charge in [-0.3, -0.25) is 9.59 Å². The minimum absolute atomic E-state index is 0. The Hall–Kier alpha value is -1.59. The SMILES string of the molecule is CCCC(=O)Nc1cccc(NC(=O)CCC2CCNCC2)c1.Cl. The highest BCUT2D eigenvalue weighted by molar-refractivity contribution is 5.94. The monoisotopic (exact) mass is 353 g/mol. The molecule has 1 aliphatic heterocycles. The Labute approximate surface area is 150 Å². The topological polar surface area (TPSA) is 70.2 Å². The van der Waals surface area contributed by atoms with Crippen LogP contribution in [0.15, 0.2) is 24.3 Å². The molecule has 5 nitrogen and oxygen atoms in total. The summed E-state index contributed by atoms with van der Waals surface area (Å²) < 4.78 is 0. The smallest absolute Gasteiger partial charge is 0.224 e. The number of carbonyl (C=O) groups excluding carboxylic acids is 2. The number of hydrogen-bond acceptors (Lipinski definition) is 3. The van der Waals surface area contributed by atoms with Crippen molar-refractivity contribution in [1.29, 1.82) is 0 Å². The van der Waals surface area contributed by atoms with Gasteiger partial charge in [-0.2, -0.15) is 0 Å². The normalized spacial score (nSPS) is 14.5. The highest BCUT2D eigenvalue weighted by atomic mass is 35.5. The van der Waals surface area contributed by atoms with Crippen LogP contribution in [0.1, 0.15) is 45.4 Å². The first-order valence-corrected chi connectivity index (χ1v) is 8.58. The highest BCUT2D eigenvalue weighted by Crippen LogP contribution is 2.19. The molecule has 1 fully saturated rings. The van der Waals surface area contributed by atoms with E-state index in [1.54, 1.807) is 6.07 Å². The second-order valence-electron chi connectivity index (χ2n) is 6.16. The zero-order chi connectivity index (χ0) is 16.5. The van der Waals surface area contributed by atoms with Crippen molar-refractivity contribution >= 4 is 35.6 Å². The lowest BCUT2D eigenvalue weighted by Crippen LogP contribution is -2.28. The summed E-state index contributed by atoms with van der Waals surface area (Å²) in [4.78, 5) is 23.7. The Balaban J connectivity index is 0.00000288. The van der Waals surface area contributed by atoms with E-state index in [1.165, 1.54) is 0 Å². The molecule has 1 saturated heterocycles. The molecule has 3 N–H and O–H groups in total. The van der Waals surface area contributed by atoms with Crippen molar-refractivity contribution < 1.29 is 9.59 Å². The van der Waals surface area contributed by atoms with Crippen molar-refractivity contribution in [2.75, 3.05) is 23.7 Å². The lowest BCUT2D eigenvalue weighted by Gasteiger charge is -2.22. The third kappa shape index (κ3) is 7.32. The van der Waals surface area contributed by atoms with E-state index in [1.807, 2.05) is 25.1 Å². The van der Waals surface area contributed by atoms with Crippen LogP contribution in [0.3, 0.4) is 0 Å². The van der Waals surface area contributed by atoms with Crippen LogP contribution in [0.4, 0.5) is 11.4 Å². The molecule has 0 saturated carbocycles. The summed E-state index contributed by atoms with van der Waals surface area (Å²) in [5.74, 6) is 0.698. The van der Waals surface area contributed by atoms with E-state index >= 15 is 0 Å².